The summed E-state index contributed by atoms with van der Waals surface area (Å²) in [5.74, 6) is 0.624. The zero-order valence-electron chi connectivity index (χ0n) is 17.4. The second-order valence-electron chi connectivity index (χ2n) is 8.03. The molecule has 0 aliphatic carbocycles. The number of phenolic OH excluding ortho intramolecular Hbond substituents is 1. The van der Waals surface area contributed by atoms with E-state index in [1.54, 1.807) is 30.5 Å². The maximum atomic E-state index is 13.5. The van der Waals surface area contributed by atoms with E-state index in [2.05, 4.69) is 4.98 Å². The molecule has 2 aromatic carbocycles. The Kier molecular flexibility index (Phi) is 5.19. The lowest BCUT2D eigenvalue weighted by atomic mass is 9.88. The van der Waals surface area contributed by atoms with Crippen molar-refractivity contribution in [2.45, 2.75) is 12.8 Å². The highest BCUT2D eigenvalue weighted by molar-refractivity contribution is 6.07. The van der Waals surface area contributed by atoms with Gasteiger partial charge in [-0.15, -0.1) is 0 Å². The Balaban J connectivity index is 1.37. The SMILES string of the molecule is O=C(c1ccc(O)cc1)C1CCN(C(=O)c2cc(-c3ccco3)nc3ccccc23)CC1. The van der Waals surface area contributed by atoms with Crippen LogP contribution in [0.2, 0.25) is 0 Å². The number of phenols is 1. The Morgan fingerprint density at radius 3 is 2.44 bits per heavy atom. The second kappa shape index (κ2) is 8.30. The van der Waals surface area contributed by atoms with E-state index in [4.69, 9.17) is 4.42 Å². The van der Waals surface area contributed by atoms with Crippen LogP contribution in [0.15, 0.2) is 77.4 Å². The van der Waals surface area contributed by atoms with Gasteiger partial charge in [-0.05, 0) is 61.4 Å². The Hall–Kier alpha value is -3.93. The van der Waals surface area contributed by atoms with E-state index >= 15 is 0 Å². The van der Waals surface area contributed by atoms with Crippen LogP contribution < -0.4 is 0 Å². The maximum absolute atomic E-state index is 13.5. The second-order valence-corrected chi connectivity index (χ2v) is 8.03. The molecule has 1 aliphatic rings. The summed E-state index contributed by atoms with van der Waals surface area (Å²) in [6.07, 6.45) is 2.81. The van der Waals surface area contributed by atoms with Crippen LogP contribution in [-0.2, 0) is 0 Å². The van der Waals surface area contributed by atoms with E-state index in [1.165, 1.54) is 12.1 Å². The summed E-state index contributed by atoms with van der Waals surface area (Å²) in [5, 5.41) is 10.2. The number of Topliss-reactive ketones (excluding diaryl/α,β-unsaturated/α-hetero) is 1. The van der Waals surface area contributed by atoms with Crippen molar-refractivity contribution < 1.29 is 19.1 Å². The molecule has 0 unspecified atom stereocenters. The molecular weight excluding hydrogens is 404 g/mol. The van der Waals surface area contributed by atoms with Gasteiger partial charge in [0.1, 0.15) is 11.4 Å². The third kappa shape index (κ3) is 3.75. The van der Waals surface area contributed by atoms with Crippen molar-refractivity contribution in [3.63, 3.8) is 0 Å². The fourth-order valence-electron chi connectivity index (χ4n) is 4.28. The van der Waals surface area contributed by atoms with Gasteiger partial charge < -0.3 is 14.4 Å². The molecule has 160 valence electrons. The molecule has 1 fully saturated rings. The summed E-state index contributed by atoms with van der Waals surface area (Å²) < 4.78 is 5.50. The van der Waals surface area contributed by atoms with Crippen LogP contribution >= 0.6 is 0 Å². The third-order valence-electron chi connectivity index (χ3n) is 6.02. The Morgan fingerprint density at radius 1 is 0.969 bits per heavy atom. The summed E-state index contributed by atoms with van der Waals surface area (Å²) >= 11 is 0. The average Bonchev–Trinajstić information content (AvgIpc) is 3.38. The van der Waals surface area contributed by atoms with Crippen molar-refractivity contribution in [3.8, 4) is 17.2 Å². The van der Waals surface area contributed by atoms with E-state index in [0.717, 1.165) is 10.9 Å². The number of piperidine rings is 1. The number of pyridine rings is 1. The lowest BCUT2D eigenvalue weighted by molar-refractivity contribution is 0.0652. The van der Waals surface area contributed by atoms with Crippen LogP contribution in [0.5, 0.6) is 5.75 Å². The predicted octanol–water partition coefficient (Wildman–Crippen LogP) is 4.94. The first-order valence-corrected chi connectivity index (χ1v) is 10.7. The number of hydrogen-bond donors (Lipinski definition) is 1. The fourth-order valence-corrected chi connectivity index (χ4v) is 4.28. The number of nitrogens with zero attached hydrogens (tertiary/aromatic N) is 2. The molecule has 1 N–H and O–H groups in total. The first kappa shape index (κ1) is 20.0. The molecule has 0 bridgehead atoms. The number of rotatable bonds is 4. The van der Waals surface area contributed by atoms with Crippen LogP contribution in [0.1, 0.15) is 33.6 Å². The Morgan fingerprint density at radius 2 is 1.72 bits per heavy atom. The Labute approximate surface area is 185 Å². The largest absolute Gasteiger partial charge is 0.508 e. The van der Waals surface area contributed by atoms with Crippen molar-refractivity contribution in [1.82, 2.24) is 9.88 Å². The molecule has 0 atom stereocenters. The first-order valence-electron chi connectivity index (χ1n) is 10.7. The normalized spacial score (nSPS) is 14.6. The molecule has 0 radical (unpaired) electrons. The third-order valence-corrected chi connectivity index (χ3v) is 6.02. The number of benzene rings is 2. The number of likely N-dealkylation sites (tertiary alicyclic amines) is 1. The number of furan rings is 1. The molecule has 0 saturated carbocycles. The number of aromatic nitrogens is 1. The standard InChI is InChI=1S/C26H22N2O4/c29-19-9-7-17(8-10-19)25(30)18-11-13-28(14-12-18)26(31)21-16-23(24-6-3-15-32-24)27-22-5-2-1-4-20(21)22/h1-10,15-16,18,29H,11-14H2. The van der Waals surface area contributed by atoms with Crippen LogP contribution in [-0.4, -0.2) is 39.8 Å². The van der Waals surface area contributed by atoms with Gasteiger partial charge in [0.25, 0.3) is 5.91 Å². The van der Waals surface area contributed by atoms with Crippen molar-refractivity contribution >= 4 is 22.6 Å². The quantitative estimate of drug-likeness (QED) is 0.468. The molecule has 6 nitrogen and oxygen atoms in total. The minimum Gasteiger partial charge on any atom is -0.508 e. The number of hydrogen-bond acceptors (Lipinski definition) is 5. The summed E-state index contributed by atoms with van der Waals surface area (Å²) in [5.41, 5.74) is 2.54. The minimum atomic E-state index is -0.128. The summed E-state index contributed by atoms with van der Waals surface area (Å²) in [4.78, 5) is 32.7. The molecule has 32 heavy (non-hydrogen) atoms. The number of aromatic hydroxyl groups is 1. The molecule has 1 aliphatic heterocycles. The van der Waals surface area contributed by atoms with Crippen molar-refractivity contribution in [2.75, 3.05) is 13.1 Å². The van der Waals surface area contributed by atoms with Crippen LogP contribution in [0.25, 0.3) is 22.4 Å². The number of carbonyl (C=O) groups is 2. The molecule has 4 aromatic rings. The number of ketones is 1. The van der Waals surface area contributed by atoms with Crippen molar-refractivity contribution in [2.24, 2.45) is 5.92 Å². The molecule has 1 saturated heterocycles. The van der Waals surface area contributed by atoms with Gasteiger partial charge in [-0.2, -0.15) is 0 Å². The molecular formula is C26H22N2O4. The summed E-state index contributed by atoms with van der Waals surface area (Å²) in [6, 6.07) is 19.3. The fraction of sp³-hybridized carbons (Fsp3) is 0.192. The van der Waals surface area contributed by atoms with Crippen LogP contribution in [0, 0.1) is 5.92 Å². The van der Waals surface area contributed by atoms with Gasteiger partial charge in [0.2, 0.25) is 0 Å². The smallest absolute Gasteiger partial charge is 0.254 e. The average molecular weight is 426 g/mol. The maximum Gasteiger partial charge on any atom is 0.254 e. The molecule has 5 rings (SSSR count). The van der Waals surface area contributed by atoms with Gasteiger partial charge in [-0.1, -0.05) is 18.2 Å². The lowest BCUT2D eigenvalue weighted by Crippen LogP contribution is -2.40. The highest BCUT2D eigenvalue weighted by Gasteiger charge is 2.29. The number of carbonyl (C=O) groups excluding carboxylic acids is 2. The first-order chi connectivity index (χ1) is 15.6. The molecule has 2 aromatic heterocycles. The van der Waals surface area contributed by atoms with E-state index < -0.39 is 0 Å². The van der Waals surface area contributed by atoms with Gasteiger partial charge in [0.15, 0.2) is 11.5 Å². The lowest BCUT2D eigenvalue weighted by Gasteiger charge is -2.31. The summed E-state index contributed by atoms with van der Waals surface area (Å²) in [7, 11) is 0. The molecule has 6 heteroatoms. The van der Waals surface area contributed by atoms with Gasteiger partial charge >= 0.3 is 0 Å². The van der Waals surface area contributed by atoms with Crippen molar-refractivity contribution in [3.05, 3.63) is 84.1 Å². The van der Waals surface area contributed by atoms with E-state index in [0.29, 0.717) is 48.5 Å². The van der Waals surface area contributed by atoms with Gasteiger partial charge in [-0.25, -0.2) is 4.98 Å². The predicted molar refractivity (Wildman–Crippen MR) is 121 cm³/mol. The number of para-hydroxylation sites is 1. The summed E-state index contributed by atoms with van der Waals surface area (Å²) in [6.45, 7) is 1.03. The van der Waals surface area contributed by atoms with Gasteiger partial charge in [0, 0.05) is 30.0 Å². The topological polar surface area (TPSA) is 83.6 Å². The highest BCUT2D eigenvalue weighted by Crippen LogP contribution is 2.28. The van der Waals surface area contributed by atoms with Gasteiger partial charge in [0.05, 0.1) is 17.3 Å². The van der Waals surface area contributed by atoms with Crippen LogP contribution in [0.4, 0.5) is 0 Å². The van der Waals surface area contributed by atoms with E-state index in [-0.39, 0.29) is 23.4 Å². The number of fused-ring (bicyclic) bond motifs is 1. The van der Waals surface area contributed by atoms with E-state index in [9.17, 15) is 14.7 Å². The molecule has 3 heterocycles. The van der Waals surface area contributed by atoms with Crippen LogP contribution in [0.3, 0.4) is 0 Å². The zero-order chi connectivity index (χ0) is 22.1. The molecule has 0 spiro atoms. The molecule has 1 amide bonds. The van der Waals surface area contributed by atoms with E-state index in [1.807, 2.05) is 35.2 Å². The highest BCUT2D eigenvalue weighted by atomic mass is 16.3. The number of amides is 1. The Bertz CT molecular complexity index is 1270. The zero-order valence-corrected chi connectivity index (χ0v) is 17.4. The van der Waals surface area contributed by atoms with Gasteiger partial charge in [-0.3, -0.25) is 9.59 Å². The monoisotopic (exact) mass is 426 g/mol. The minimum absolute atomic E-state index is 0.0616. The van der Waals surface area contributed by atoms with Crippen molar-refractivity contribution in [1.29, 1.82) is 0 Å².